The van der Waals surface area contributed by atoms with Gasteiger partial charge in [-0.3, -0.25) is 4.79 Å². The van der Waals surface area contributed by atoms with Crippen LogP contribution in [-0.2, 0) is 6.42 Å². The van der Waals surface area contributed by atoms with E-state index in [0.717, 1.165) is 31.5 Å². The zero-order valence-corrected chi connectivity index (χ0v) is 11.7. The number of piperidine rings is 1. The Morgan fingerprint density at radius 1 is 1.19 bits per heavy atom. The SMILES string of the molecule is O=C(c1cc(Cc2ccc(F)cc2)no1)N1CCCCC1. The van der Waals surface area contributed by atoms with Crippen molar-refractivity contribution in [2.45, 2.75) is 25.7 Å². The largest absolute Gasteiger partial charge is 0.351 e. The lowest BCUT2D eigenvalue weighted by molar-refractivity contribution is 0.0682. The summed E-state index contributed by atoms with van der Waals surface area (Å²) in [6, 6.07) is 7.91. The molecule has 1 aliphatic rings. The number of nitrogens with zero attached hydrogens (tertiary/aromatic N) is 2. The molecule has 1 fully saturated rings. The van der Waals surface area contributed by atoms with Gasteiger partial charge >= 0.3 is 0 Å². The number of rotatable bonds is 3. The van der Waals surface area contributed by atoms with Crippen LogP contribution in [-0.4, -0.2) is 29.1 Å². The van der Waals surface area contributed by atoms with E-state index >= 15 is 0 Å². The summed E-state index contributed by atoms with van der Waals surface area (Å²) in [5.74, 6) is -0.0681. The van der Waals surface area contributed by atoms with Crippen LogP contribution in [0.1, 0.15) is 41.1 Å². The standard InChI is InChI=1S/C16H17FN2O2/c17-13-6-4-12(5-7-13)10-14-11-15(21-18-14)16(20)19-8-2-1-3-9-19/h4-7,11H,1-3,8-10H2. The summed E-state index contributed by atoms with van der Waals surface area (Å²) >= 11 is 0. The molecule has 1 saturated heterocycles. The van der Waals surface area contributed by atoms with Gasteiger partial charge in [-0.2, -0.15) is 0 Å². The number of carbonyl (C=O) groups is 1. The molecule has 1 amide bonds. The zero-order chi connectivity index (χ0) is 14.7. The van der Waals surface area contributed by atoms with E-state index in [-0.39, 0.29) is 17.5 Å². The highest BCUT2D eigenvalue weighted by atomic mass is 19.1. The summed E-state index contributed by atoms with van der Waals surface area (Å²) in [7, 11) is 0. The van der Waals surface area contributed by atoms with Crippen LogP contribution >= 0.6 is 0 Å². The molecule has 0 unspecified atom stereocenters. The fourth-order valence-electron chi connectivity index (χ4n) is 2.56. The molecule has 2 heterocycles. The van der Waals surface area contributed by atoms with Crippen molar-refractivity contribution in [1.82, 2.24) is 10.1 Å². The Bertz CT molecular complexity index is 615. The molecule has 1 aliphatic heterocycles. The molecule has 3 rings (SSSR count). The van der Waals surface area contributed by atoms with Crippen LogP contribution < -0.4 is 0 Å². The first kappa shape index (κ1) is 13.8. The molecule has 0 atom stereocenters. The fraction of sp³-hybridized carbons (Fsp3) is 0.375. The number of carbonyl (C=O) groups excluding carboxylic acids is 1. The second kappa shape index (κ2) is 6.08. The van der Waals surface area contributed by atoms with E-state index in [1.165, 1.54) is 18.6 Å². The van der Waals surface area contributed by atoms with E-state index in [9.17, 15) is 9.18 Å². The quantitative estimate of drug-likeness (QED) is 0.872. The number of hydrogen-bond donors (Lipinski definition) is 0. The average molecular weight is 288 g/mol. The van der Waals surface area contributed by atoms with Gasteiger partial charge < -0.3 is 9.42 Å². The van der Waals surface area contributed by atoms with Crippen molar-refractivity contribution in [3.63, 3.8) is 0 Å². The lowest BCUT2D eigenvalue weighted by Crippen LogP contribution is -2.35. The zero-order valence-electron chi connectivity index (χ0n) is 11.7. The van der Waals surface area contributed by atoms with Crippen LogP contribution in [0.15, 0.2) is 34.9 Å². The molecule has 110 valence electrons. The van der Waals surface area contributed by atoms with Gasteiger partial charge in [-0.25, -0.2) is 4.39 Å². The summed E-state index contributed by atoms with van der Waals surface area (Å²) in [5, 5.41) is 3.93. The van der Waals surface area contributed by atoms with Crippen LogP contribution in [0.5, 0.6) is 0 Å². The molecule has 0 N–H and O–H groups in total. The van der Waals surface area contributed by atoms with E-state index in [2.05, 4.69) is 5.16 Å². The fourth-order valence-corrected chi connectivity index (χ4v) is 2.56. The van der Waals surface area contributed by atoms with Crippen molar-refractivity contribution in [2.24, 2.45) is 0 Å². The average Bonchev–Trinajstić information content (AvgIpc) is 2.98. The Hall–Kier alpha value is -2.17. The van der Waals surface area contributed by atoms with Crippen molar-refractivity contribution in [1.29, 1.82) is 0 Å². The summed E-state index contributed by atoms with van der Waals surface area (Å²) in [6.45, 7) is 1.57. The first-order chi connectivity index (χ1) is 10.2. The van der Waals surface area contributed by atoms with Gasteiger partial charge in [-0.05, 0) is 37.0 Å². The third-order valence-electron chi connectivity index (χ3n) is 3.71. The maximum absolute atomic E-state index is 12.9. The Morgan fingerprint density at radius 2 is 1.90 bits per heavy atom. The van der Waals surface area contributed by atoms with Gasteiger partial charge in [-0.1, -0.05) is 17.3 Å². The monoisotopic (exact) mass is 288 g/mol. The smallest absolute Gasteiger partial charge is 0.292 e. The Morgan fingerprint density at radius 3 is 2.62 bits per heavy atom. The molecule has 1 aromatic heterocycles. The van der Waals surface area contributed by atoms with Crippen LogP contribution in [0.25, 0.3) is 0 Å². The van der Waals surface area contributed by atoms with E-state index in [0.29, 0.717) is 12.1 Å². The molecule has 5 heteroatoms. The maximum atomic E-state index is 12.9. The van der Waals surface area contributed by atoms with Gasteiger partial charge in [0.15, 0.2) is 0 Å². The molecule has 21 heavy (non-hydrogen) atoms. The summed E-state index contributed by atoms with van der Waals surface area (Å²) in [5.41, 5.74) is 1.61. The number of benzene rings is 1. The molecule has 2 aromatic rings. The minimum Gasteiger partial charge on any atom is -0.351 e. The van der Waals surface area contributed by atoms with Gasteiger partial charge in [0.05, 0.1) is 5.69 Å². The van der Waals surface area contributed by atoms with Gasteiger partial charge in [0.1, 0.15) is 5.82 Å². The van der Waals surface area contributed by atoms with Crippen molar-refractivity contribution >= 4 is 5.91 Å². The van der Waals surface area contributed by atoms with Gasteiger partial charge in [0.2, 0.25) is 5.76 Å². The Kier molecular flexibility index (Phi) is 3.99. The second-order valence-electron chi connectivity index (χ2n) is 5.34. The maximum Gasteiger partial charge on any atom is 0.292 e. The van der Waals surface area contributed by atoms with E-state index in [1.807, 2.05) is 4.90 Å². The van der Waals surface area contributed by atoms with Crippen molar-refractivity contribution in [2.75, 3.05) is 13.1 Å². The number of amides is 1. The number of likely N-dealkylation sites (tertiary alicyclic amines) is 1. The van der Waals surface area contributed by atoms with Crippen LogP contribution in [0, 0.1) is 5.82 Å². The topological polar surface area (TPSA) is 46.3 Å². The number of aromatic nitrogens is 1. The van der Waals surface area contributed by atoms with E-state index in [1.54, 1.807) is 18.2 Å². The summed E-state index contributed by atoms with van der Waals surface area (Å²) < 4.78 is 18.0. The third-order valence-corrected chi connectivity index (χ3v) is 3.71. The Labute approximate surface area is 122 Å². The van der Waals surface area contributed by atoms with Crippen molar-refractivity contribution in [3.8, 4) is 0 Å². The molecular weight excluding hydrogens is 271 g/mol. The second-order valence-corrected chi connectivity index (χ2v) is 5.34. The highest BCUT2D eigenvalue weighted by molar-refractivity contribution is 5.91. The minimum atomic E-state index is -0.264. The van der Waals surface area contributed by atoms with Crippen LogP contribution in [0.3, 0.4) is 0 Å². The van der Waals surface area contributed by atoms with Gasteiger partial charge in [0, 0.05) is 25.6 Å². The van der Waals surface area contributed by atoms with E-state index in [4.69, 9.17) is 4.52 Å². The van der Waals surface area contributed by atoms with Crippen LogP contribution in [0.4, 0.5) is 4.39 Å². The van der Waals surface area contributed by atoms with Crippen molar-refractivity contribution < 1.29 is 13.7 Å². The summed E-state index contributed by atoms with van der Waals surface area (Å²) in [4.78, 5) is 14.1. The van der Waals surface area contributed by atoms with Crippen molar-refractivity contribution in [3.05, 3.63) is 53.2 Å². The molecule has 0 radical (unpaired) electrons. The first-order valence-electron chi connectivity index (χ1n) is 7.22. The molecule has 0 aliphatic carbocycles. The predicted octanol–water partition coefficient (Wildman–Crippen LogP) is 3.03. The number of hydrogen-bond acceptors (Lipinski definition) is 3. The highest BCUT2D eigenvalue weighted by Crippen LogP contribution is 2.16. The third kappa shape index (κ3) is 3.29. The predicted molar refractivity (Wildman–Crippen MR) is 75.5 cm³/mol. The minimum absolute atomic E-state index is 0.0902. The molecule has 0 saturated carbocycles. The molecular formula is C16H17FN2O2. The molecule has 0 bridgehead atoms. The lowest BCUT2D eigenvalue weighted by atomic mass is 10.1. The summed E-state index contributed by atoms with van der Waals surface area (Å²) in [6.07, 6.45) is 3.79. The van der Waals surface area contributed by atoms with Crippen LogP contribution in [0.2, 0.25) is 0 Å². The number of halogens is 1. The molecule has 1 aromatic carbocycles. The molecule has 4 nitrogen and oxygen atoms in total. The lowest BCUT2D eigenvalue weighted by Gasteiger charge is -2.25. The van der Waals surface area contributed by atoms with Gasteiger partial charge in [0.25, 0.3) is 5.91 Å². The normalized spacial score (nSPS) is 15.2. The molecule has 0 spiro atoms. The highest BCUT2D eigenvalue weighted by Gasteiger charge is 2.22. The Balaban J connectivity index is 1.68. The first-order valence-corrected chi connectivity index (χ1v) is 7.22. The van der Waals surface area contributed by atoms with E-state index < -0.39 is 0 Å². The van der Waals surface area contributed by atoms with Gasteiger partial charge in [-0.15, -0.1) is 0 Å².